The third kappa shape index (κ3) is 1.86. The average molecular weight is 271 g/mol. The number of aryl methyl sites for hydroxylation is 1. The van der Waals surface area contributed by atoms with Crippen LogP contribution in [0, 0.1) is 6.92 Å². The summed E-state index contributed by atoms with van der Waals surface area (Å²) in [6, 6.07) is 5.64. The van der Waals surface area contributed by atoms with Crippen molar-refractivity contribution in [2.45, 2.75) is 25.4 Å². The Bertz CT molecular complexity index is 390. The van der Waals surface area contributed by atoms with Gasteiger partial charge in [-0.15, -0.1) is 0 Å². The van der Waals surface area contributed by atoms with Crippen LogP contribution in [0.3, 0.4) is 0 Å². The molecule has 3 nitrogen and oxygen atoms in total. The van der Waals surface area contributed by atoms with Crippen LogP contribution in [0.4, 0.5) is 0 Å². The lowest BCUT2D eigenvalue weighted by molar-refractivity contribution is -0.147. The van der Waals surface area contributed by atoms with E-state index in [0.29, 0.717) is 18.6 Å². The molecule has 0 spiro atoms. The number of rotatable bonds is 3. The van der Waals surface area contributed by atoms with Crippen molar-refractivity contribution in [1.82, 2.24) is 0 Å². The molecule has 1 saturated carbocycles. The highest BCUT2D eigenvalue weighted by molar-refractivity contribution is 9.10. The summed E-state index contributed by atoms with van der Waals surface area (Å²) in [5.74, 6) is -0.241. The molecular weight excluding hydrogens is 260 g/mol. The fraction of sp³-hybridized carbons (Fsp3) is 0.364. The minimum absolute atomic E-state index is 0.586. The second kappa shape index (κ2) is 3.52. The van der Waals surface area contributed by atoms with Crippen LogP contribution in [0.15, 0.2) is 22.7 Å². The normalized spacial score (nSPS) is 17.2. The van der Waals surface area contributed by atoms with Gasteiger partial charge in [0, 0.05) is 12.8 Å². The highest BCUT2D eigenvalue weighted by Crippen LogP contribution is 2.43. The van der Waals surface area contributed by atoms with Gasteiger partial charge in [0.2, 0.25) is 5.60 Å². The van der Waals surface area contributed by atoms with E-state index in [2.05, 4.69) is 15.9 Å². The zero-order valence-corrected chi connectivity index (χ0v) is 9.87. The Labute approximate surface area is 96.2 Å². The van der Waals surface area contributed by atoms with Crippen LogP contribution in [-0.4, -0.2) is 16.7 Å². The van der Waals surface area contributed by atoms with Crippen molar-refractivity contribution in [3.8, 4) is 5.75 Å². The molecule has 4 heteroatoms. The van der Waals surface area contributed by atoms with E-state index in [1.807, 2.05) is 25.1 Å². The second-order valence-electron chi connectivity index (χ2n) is 3.79. The molecule has 1 aliphatic carbocycles. The van der Waals surface area contributed by atoms with E-state index in [9.17, 15) is 4.79 Å². The third-order valence-corrected chi connectivity index (χ3v) is 3.18. The van der Waals surface area contributed by atoms with Crippen LogP contribution in [-0.2, 0) is 4.79 Å². The molecule has 0 atom stereocenters. The highest BCUT2D eigenvalue weighted by atomic mass is 79.9. The number of benzene rings is 1. The molecule has 0 unspecified atom stereocenters. The monoisotopic (exact) mass is 270 g/mol. The molecule has 15 heavy (non-hydrogen) atoms. The molecule has 1 N–H and O–H groups in total. The summed E-state index contributed by atoms with van der Waals surface area (Å²) in [6.07, 6.45) is 1.17. The van der Waals surface area contributed by atoms with E-state index < -0.39 is 11.6 Å². The van der Waals surface area contributed by atoms with Crippen molar-refractivity contribution >= 4 is 21.9 Å². The Morgan fingerprint density at radius 3 is 2.67 bits per heavy atom. The zero-order chi connectivity index (χ0) is 11.1. The first-order chi connectivity index (χ1) is 7.05. The van der Waals surface area contributed by atoms with Gasteiger partial charge in [-0.05, 0) is 34.5 Å². The minimum Gasteiger partial charge on any atom is -0.478 e. The number of hydrogen-bond donors (Lipinski definition) is 1. The molecular formula is C11H11BrO3. The molecule has 0 heterocycles. The fourth-order valence-electron chi connectivity index (χ4n) is 1.41. The van der Waals surface area contributed by atoms with E-state index in [0.717, 1.165) is 10.0 Å². The number of ether oxygens (including phenoxy) is 1. The van der Waals surface area contributed by atoms with Gasteiger partial charge < -0.3 is 9.84 Å². The van der Waals surface area contributed by atoms with E-state index >= 15 is 0 Å². The van der Waals surface area contributed by atoms with Gasteiger partial charge >= 0.3 is 5.97 Å². The number of carbonyl (C=O) groups is 1. The quantitative estimate of drug-likeness (QED) is 0.919. The summed E-state index contributed by atoms with van der Waals surface area (Å²) in [4.78, 5) is 11.0. The maximum atomic E-state index is 11.0. The Hall–Kier alpha value is -1.03. The van der Waals surface area contributed by atoms with Gasteiger partial charge in [0.25, 0.3) is 0 Å². The predicted molar refractivity (Wildman–Crippen MR) is 59.1 cm³/mol. The van der Waals surface area contributed by atoms with Crippen LogP contribution in [0.5, 0.6) is 5.75 Å². The molecule has 0 saturated heterocycles. The molecule has 2 rings (SSSR count). The first-order valence-corrected chi connectivity index (χ1v) is 5.52. The van der Waals surface area contributed by atoms with Crippen LogP contribution in [0.1, 0.15) is 18.4 Å². The standard InChI is InChI=1S/C11H11BrO3/c1-7-3-2-4-8(12)9(7)15-11(5-6-11)10(13)14/h2-4H,5-6H2,1H3,(H,13,14). The smallest absolute Gasteiger partial charge is 0.348 e. The first-order valence-electron chi connectivity index (χ1n) is 4.73. The molecule has 0 amide bonds. The summed E-state index contributed by atoms with van der Waals surface area (Å²) < 4.78 is 6.39. The molecule has 1 aromatic rings. The lowest BCUT2D eigenvalue weighted by Gasteiger charge is -2.16. The van der Waals surface area contributed by atoms with Crippen molar-refractivity contribution in [2.24, 2.45) is 0 Å². The summed E-state index contributed by atoms with van der Waals surface area (Å²) in [7, 11) is 0. The van der Waals surface area contributed by atoms with Gasteiger partial charge in [-0.2, -0.15) is 0 Å². The lowest BCUT2D eigenvalue weighted by Crippen LogP contribution is -2.29. The third-order valence-electron chi connectivity index (χ3n) is 2.56. The fourth-order valence-corrected chi connectivity index (χ4v) is 1.96. The Kier molecular flexibility index (Phi) is 2.46. The van der Waals surface area contributed by atoms with Crippen LogP contribution >= 0.6 is 15.9 Å². The molecule has 1 aromatic carbocycles. The SMILES string of the molecule is Cc1cccc(Br)c1OC1(C(=O)O)CC1. The molecule has 0 radical (unpaired) electrons. The number of para-hydroxylation sites is 1. The maximum Gasteiger partial charge on any atom is 0.348 e. The molecule has 1 fully saturated rings. The van der Waals surface area contributed by atoms with E-state index in [1.165, 1.54) is 0 Å². The molecule has 1 aliphatic rings. The molecule has 80 valence electrons. The molecule has 0 aromatic heterocycles. The highest BCUT2D eigenvalue weighted by Gasteiger charge is 2.53. The predicted octanol–water partition coefficient (Wildman–Crippen LogP) is 2.75. The van der Waals surface area contributed by atoms with Crippen LogP contribution in [0.25, 0.3) is 0 Å². The van der Waals surface area contributed by atoms with Crippen molar-refractivity contribution in [1.29, 1.82) is 0 Å². The van der Waals surface area contributed by atoms with Gasteiger partial charge in [0.15, 0.2) is 0 Å². The van der Waals surface area contributed by atoms with Gasteiger partial charge in [-0.25, -0.2) is 4.79 Å². The van der Waals surface area contributed by atoms with Crippen molar-refractivity contribution in [3.05, 3.63) is 28.2 Å². The van der Waals surface area contributed by atoms with Crippen LogP contribution in [0.2, 0.25) is 0 Å². The minimum atomic E-state index is -0.978. The van der Waals surface area contributed by atoms with Gasteiger partial charge in [0.05, 0.1) is 4.47 Å². The van der Waals surface area contributed by atoms with Gasteiger partial charge in [-0.3, -0.25) is 0 Å². The average Bonchev–Trinajstić information content (AvgIpc) is 2.93. The second-order valence-corrected chi connectivity index (χ2v) is 4.64. The number of carboxylic acid groups (broad SMARTS) is 1. The summed E-state index contributed by atoms with van der Waals surface area (Å²) in [5.41, 5.74) is -0.0360. The van der Waals surface area contributed by atoms with Gasteiger partial charge in [-0.1, -0.05) is 12.1 Å². The summed E-state index contributed by atoms with van der Waals surface area (Å²) >= 11 is 3.36. The van der Waals surface area contributed by atoms with Crippen molar-refractivity contribution < 1.29 is 14.6 Å². The van der Waals surface area contributed by atoms with E-state index in [4.69, 9.17) is 9.84 Å². The number of aliphatic carboxylic acids is 1. The van der Waals surface area contributed by atoms with E-state index in [1.54, 1.807) is 0 Å². The van der Waals surface area contributed by atoms with Gasteiger partial charge in [0.1, 0.15) is 5.75 Å². The molecule has 0 aliphatic heterocycles. The maximum absolute atomic E-state index is 11.0. The number of halogens is 1. The topological polar surface area (TPSA) is 46.5 Å². The van der Waals surface area contributed by atoms with Crippen LogP contribution < -0.4 is 4.74 Å². The van der Waals surface area contributed by atoms with Crippen molar-refractivity contribution in [2.75, 3.05) is 0 Å². The largest absolute Gasteiger partial charge is 0.478 e. The Morgan fingerprint density at radius 1 is 1.53 bits per heavy atom. The molecule has 0 bridgehead atoms. The van der Waals surface area contributed by atoms with Crippen molar-refractivity contribution in [3.63, 3.8) is 0 Å². The first kappa shape index (κ1) is 10.5. The lowest BCUT2D eigenvalue weighted by atomic mass is 10.2. The summed E-state index contributed by atoms with van der Waals surface area (Å²) in [5, 5.41) is 9.01. The van der Waals surface area contributed by atoms with E-state index in [-0.39, 0.29) is 0 Å². The number of carboxylic acids is 1. The Balaban J connectivity index is 2.29. The summed E-state index contributed by atoms with van der Waals surface area (Å²) in [6.45, 7) is 1.90. The Morgan fingerprint density at radius 2 is 2.20 bits per heavy atom. The number of hydrogen-bond acceptors (Lipinski definition) is 2. The zero-order valence-electron chi connectivity index (χ0n) is 8.29.